The van der Waals surface area contributed by atoms with Gasteiger partial charge in [-0.2, -0.15) is 0 Å². The standard InChI is InChI=1S/C19H19N3O/c1-13(2)9-19(23)20-16-6-4-5-15(10-16)17-12-22-11-14(3)7-8-18(22)21-17/h4-12H,1-3H3,(H,20,23). The summed E-state index contributed by atoms with van der Waals surface area (Å²) in [6.45, 7) is 5.85. The number of carbonyl (C=O) groups is 1. The van der Waals surface area contributed by atoms with Crippen LogP contribution in [-0.4, -0.2) is 15.3 Å². The van der Waals surface area contributed by atoms with Gasteiger partial charge in [0.2, 0.25) is 5.91 Å². The second-order valence-corrected chi connectivity index (χ2v) is 5.89. The maximum atomic E-state index is 11.8. The molecule has 4 nitrogen and oxygen atoms in total. The van der Waals surface area contributed by atoms with E-state index in [1.165, 1.54) is 5.56 Å². The molecule has 116 valence electrons. The van der Waals surface area contributed by atoms with Crippen molar-refractivity contribution in [3.8, 4) is 11.3 Å². The molecule has 0 spiro atoms. The summed E-state index contributed by atoms with van der Waals surface area (Å²) in [7, 11) is 0. The zero-order valence-electron chi connectivity index (χ0n) is 13.5. The molecular weight excluding hydrogens is 286 g/mol. The first kappa shape index (κ1) is 15.0. The molecule has 0 fully saturated rings. The minimum atomic E-state index is -0.118. The molecule has 23 heavy (non-hydrogen) atoms. The monoisotopic (exact) mass is 305 g/mol. The lowest BCUT2D eigenvalue weighted by atomic mass is 10.1. The predicted octanol–water partition coefficient (Wildman–Crippen LogP) is 4.21. The van der Waals surface area contributed by atoms with Gasteiger partial charge in [-0.3, -0.25) is 4.79 Å². The number of benzene rings is 1. The second kappa shape index (κ2) is 6.08. The van der Waals surface area contributed by atoms with Crippen molar-refractivity contribution in [3.05, 3.63) is 66.0 Å². The van der Waals surface area contributed by atoms with Crippen molar-refractivity contribution >= 4 is 17.2 Å². The van der Waals surface area contributed by atoms with Gasteiger partial charge in [0.25, 0.3) is 0 Å². The number of allylic oxidation sites excluding steroid dienone is 1. The average molecular weight is 305 g/mol. The van der Waals surface area contributed by atoms with Gasteiger partial charge in [-0.15, -0.1) is 0 Å². The van der Waals surface area contributed by atoms with E-state index in [1.807, 2.05) is 67.0 Å². The Labute approximate surface area is 135 Å². The molecule has 0 radical (unpaired) electrons. The van der Waals surface area contributed by atoms with E-state index in [4.69, 9.17) is 0 Å². The molecule has 1 amide bonds. The predicted molar refractivity (Wildman–Crippen MR) is 93.4 cm³/mol. The number of fused-ring (bicyclic) bond motifs is 1. The number of aromatic nitrogens is 2. The fourth-order valence-electron chi connectivity index (χ4n) is 2.44. The molecule has 0 aliphatic rings. The number of nitrogens with one attached hydrogen (secondary N) is 1. The van der Waals surface area contributed by atoms with Gasteiger partial charge >= 0.3 is 0 Å². The molecule has 3 rings (SSSR count). The molecule has 0 saturated heterocycles. The molecule has 0 atom stereocenters. The summed E-state index contributed by atoms with van der Waals surface area (Å²) in [5.74, 6) is -0.118. The van der Waals surface area contributed by atoms with E-state index in [9.17, 15) is 4.79 Å². The lowest BCUT2D eigenvalue weighted by Gasteiger charge is -2.04. The number of rotatable bonds is 3. The van der Waals surface area contributed by atoms with Crippen LogP contribution in [0, 0.1) is 6.92 Å². The van der Waals surface area contributed by atoms with Crippen LogP contribution in [0.1, 0.15) is 19.4 Å². The Bertz CT molecular complexity index is 902. The van der Waals surface area contributed by atoms with Gasteiger partial charge in [-0.1, -0.05) is 23.8 Å². The van der Waals surface area contributed by atoms with Crippen molar-refractivity contribution in [2.45, 2.75) is 20.8 Å². The largest absolute Gasteiger partial charge is 0.322 e. The number of hydrogen-bond acceptors (Lipinski definition) is 2. The van der Waals surface area contributed by atoms with Crippen molar-refractivity contribution in [2.75, 3.05) is 5.32 Å². The van der Waals surface area contributed by atoms with Crippen LogP contribution in [0.3, 0.4) is 0 Å². The van der Waals surface area contributed by atoms with Crippen LogP contribution >= 0.6 is 0 Å². The number of carbonyl (C=O) groups excluding carboxylic acids is 1. The summed E-state index contributed by atoms with van der Waals surface area (Å²) in [6.07, 6.45) is 5.63. The maximum absolute atomic E-state index is 11.8. The van der Waals surface area contributed by atoms with E-state index < -0.39 is 0 Å². The Morgan fingerprint density at radius 1 is 1.17 bits per heavy atom. The van der Waals surface area contributed by atoms with Crippen LogP contribution in [-0.2, 0) is 4.79 Å². The van der Waals surface area contributed by atoms with E-state index in [-0.39, 0.29) is 5.91 Å². The van der Waals surface area contributed by atoms with Crippen molar-refractivity contribution in [1.29, 1.82) is 0 Å². The SMILES string of the molecule is CC(C)=CC(=O)Nc1cccc(-c2cn3cc(C)ccc3n2)c1. The summed E-state index contributed by atoms with van der Waals surface area (Å²) in [4.78, 5) is 16.5. The van der Waals surface area contributed by atoms with Crippen molar-refractivity contribution in [3.63, 3.8) is 0 Å². The lowest BCUT2D eigenvalue weighted by molar-refractivity contribution is -0.111. The van der Waals surface area contributed by atoms with Crippen LogP contribution in [0.15, 0.2) is 60.4 Å². The fraction of sp³-hybridized carbons (Fsp3) is 0.158. The number of aryl methyl sites for hydroxylation is 1. The van der Waals surface area contributed by atoms with Gasteiger partial charge in [0.1, 0.15) is 5.65 Å². The maximum Gasteiger partial charge on any atom is 0.248 e. The molecule has 1 aromatic carbocycles. The molecule has 0 aliphatic carbocycles. The van der Waals surface area contributed by atoms with E-state index in [2.05, 4.69) is 17.2 Å². The Hall–Kier alpha value is -2.88. The first-order valence-electron chi connectivity index (χ1n) is 7.53. The van der Waals surface area contributed by atoms with Crippen LogP contribution in [0.4, 0.5) is 5.69 Å². The Kier molecular flexibility index (Phi) is 3.98. The Balaban J connectivity index is 1.91. The Morgan fingerprint density at radius 2 is 2.00 bits per heavy atom. The second-order valence-electron chi connectivity index (χ2n) is 5.89. The summed E-state index contributed by atoms with van der Waals surface area (Å²) >= 11 is 0. The summed E-state index contributed by atoms with van der Waals surface area (Å²) in [6, 6.07) is 11.8. The van der Waals surface area contributed by atoms with Crippen LogP contribution in [0.5, 0.6) is 0 Å². The highest BCUT2D eigenvalue weighted by Gasteiger charge is 2.06. The average Bonchev–Trinajstić information content (AvgIpc) is 2.89. The molecule has 0 aliphatic heterocycles. The summed E-state index contributed by atoms with van der Waals surface area (Å²) < 4.78 is 2.01. The van der Waals surface area contributed by atoms with Crippen LogP contribution < -0.4 is 5.32 Å². The lowest BCUT2D eigenvalue weighted by Crippen LogP contribution is -2.08. The van der Waals surface area contributed by atoms with Gasteiger partial charge in [-0.05, 0) is 44.5 Å². The highest BCUT2D eigenvalue weighted by molar-refractivity contribution is 6.00. The fourth-order valence-corrected chi connectivity index (χ4v) is 2.44. The van der Waals surface area contributed by atoms with E-state index >= 15 is 0 Å². The minimum Gasteiger partial charge on any atom is -0.322 e. The van der Waals surface area contributed by atoms with Gasteiger partial charge in [-0.25, -0.2) is 4.98 Å². The quantitative estimate of drug-likeness (QED) is 0.737. The summed E-state index contributed by atoms with van der Waals surface area (Å²) in [5, 5.41) is 2.88. The number of anilines is 1. The third-order valence-electron chi connectivity index (χ3n) is 3.44. The third-order valence-corrected chi connectivity index (χ3v) is 3.44. The molecule has 0 saturated carbocycles. The zero-order valence-corrected chi connectivity index (χ0v) is 13.5. The summed E-state index contributed by atoms with van der Waals surface area (Å²) in [5.41, 5.74) is 5.68. The van der Waals surface area contributed by atoms with Crippen LogP contribution in [0.2, 0.25) is 0 Å². The smallest absolute Gasteiger partial charge is 0.248 e. The van der Waals surface area contributed by atoms with Crippen molar-refractivity contribution in [1.82, 2.24) is 9.38 Å². The van der Waals surface area contributed by atoms with Gasteiger partial charge in [0.15, 0.2) is 0 Å². The molecular formula is C19H19N3O. The molecule has 4 heteroatoms. The van der Waals surface area contributed by atoms with E-state index in [1.54, 1.807) is 6.08 Å². The van der Waals surface area contributed by atoms with Crippen molar-refractivity contribution in [2.24, 2.45) is 0 Å². The number of nitrogens with zero attached hydrogens (tertiary/aromatic N) is 2. The molecule has 0 unspecified atom stereocenters. The molecule has 2 heterocycles. The molecule has 3 aromatic rings. The number of imidazole rings is 1. The van der Waals surface area contributed by atoms with E-state index in [0.29, 0.717) is 0 Å². The minimum absolute atomic E-state index is 0.118. The van der Waals surface area contributed by atoms with Gasteiger partial charge in [0.05, 0.1) is 5.69 Å². The number of hydrogen-bond donors (Lipinski definition) is 1. The third kappa shape index (κ3) is 3.48. The van der Waals surface area contributed by atoms with Crippen molar-refractivity contribution < 1.29 is 4.79 Å². The highest BCUT2D eigenvalue weighted by Crippen LogP contribution is 2.22. The number of amides is 1. The Morgan fingerprint density at radius 3 is 2.78 bits per heavy atom. The highest BCUT2D eigenvalue weighted by atomic mass is 16.1. The molecule has 1 N–H and O–H groups in total. The first-order chi connectivity index (χ1) is 11.0. The normalized spacial score (nSPS) is 10.6. The first-order valence-corrected chi connectivity index (χ1v) is 7.53. The number of pyridine rings is 1. The molecule has 0 bridgehead atoms. The zero-order chi connectivity index (χ0) is 16.4. The molecule has 2 aromatic heterocycles. The van der Waals surface area contributed by atoms with E-state index in [0.717, 1.165) is 28.2 Å². The van der Waals surface area contributed by atoms with Gasteiger partial charge < -0.3 is 9.72 Å². The van der Waals surface area contributed by atoms with Gasteiger partial charge in [0, 0.05) is 29.7 Å². The topological polar surface area (TPSA) is 46.4 Å². The van der Waals surface area contributed by atoms with Crippen LogP contribution in [0.25, 0.3) is 16.9 Å².